The molecular weight excluding hydrogens is 372 g/mol. The van der Waals surface area contributed by atoms with Crippen molar-refractivity contribution in [2.75, 3.05) is 12.4 Å². The second kappa shape index (κ2) is 9.59. The highest BCUT2D eigenvalue weighted by molar-refractivity contribution is 6.01. The Hall–Kier alpha value is -3.55. The summed E-state index contributed by atoms with van der Waals surface area (Å²) < 4.78 is 6.08. The van der Waals surface area contributed by atoms with Gasteiger partial charge in [0.15, 0.2) is 0 Å². The number of nitrogens with one attached hydrogen (secondary N) is 1. The van der Waals surface area contributed by atoms with Gasteiger partial charge in [0, 0.05) is 13.0 Å². The minimum absolute atomic E-state index is 0.159. The number of benzene rings is 2. The molecular formula is C21H22N4O4. The maximum Gasteiger partial charge on any atom is 0.339 e. The SMILES string of the molecule is COC(=O)c1ccccc1NC(=O)CCCCCn1nnc2ccccc2c1=O. The van der Waals surface area contributed by atoms with Gasteiger partial charge in [0.1, 0.15) is 5.52 Å². The normalized spacial score (nSPS) is 10.7. The lowest BCUT2D eigenvalue weighted by atomic mass is 10.1. The molecule has 1 N–H and O–H groups in total. The number of nitrogens with zero attached hydrogens (tertiary/aromatic N) is 3. The number of ether oxygens (including phenoxy) is 1. The van der Waals surface area contributed by atoms with E-state index in [2.05, 4.69) is 15.6 Å². The van der Waals surface area contributed by atoms with Crippen LogP contribution in [-0.2, 0) is 16.1 Å². The third-order valence-corrected chi connectivity index (χ3v) is 4.51. The van der Waals surface area contributed by atoms with Gasteiger partial charge in [0.25, 0.3) is 5.56 Å². The van der Waals surface area contributed by atoms with Crippen molar-refractivity contribution >= 4 is 28.5 Å². The number of hydrogen-bond acceptors (Lipinski definition) is 6. The van der Waals surface area contributed by atoms with Gasteiger partial charge in [-0.2, -0.15) is 0 Å². The summed E-state index contributed by atoms with van der Waals surface area (Å²) in [5.74, 6) is -0.674. The first kappa shape index (κ1) is 20.2. The van der Waals surface area contributed by atoms with E-state index >= 15 is 0 Å². The van der Waals surface area contributed by atoms with E-state index in [9.17, 15) is 14.4 Å². The van der Waals surface area contributed by atoms with Crippen molar-refractivity contribution in [1.82, 2.24) is 15.0 Å². The Balaban J connectivity index is 1.47. The van der Waals surface area contributed by atoms with Crippen LogP contribution in [0.15, 0.2) is 53.3 Å². The van der Waals surface area contributed by atoms with E-state index in [1.165, 1.54) is 11.8 Å². The molecule has 0 atom stereocenters. The molecule has 1 heterocycles. The molecule has 2 aromatic carbocycles. The zero-order valence-corrected chi connectivity index (χ0v) is 16.1. The van der Waals surface area contributed by atoms with E-state index in [0.717, 1.165) is 6.42 Å². The number of carbonyl (C=O) groups excluding carboxylic acids is 2. The maximum atomic E-state index is 12.4. The van der Waals surface area contributed by atoms with Crippen LogP contribution in [0.4, 0.5) is 5.69 Å². The average molecular weight is 394 g/mol. The molecule has 8 nitrogen and oxygen atoms in total. The maximum absolute atomic E-state index is 12.4. The van der Waals surface area contributed by atoms with Gasteiger partial charge in [-0.3, -0.25) is 9.59 Å². The first-order chi connectivity index (χ1) is 14.1. The molecule has 0 saturated carbocycles. The molecule has 3 rings (SSSR count). The Kier molecular flexibility index (Phi) is 6.67. The second-order valence-electron chi connectivity index (χ2n) is 6.53. The lowest BCUT2D eigenvalue weighted by molar-refractivity contribution is -0.116. The van der Waals surface area contributed by atoms with Crippen LogP contribution in [0.5, 0.6) is 0 Å². The number of para-hydroxylation sites is 1. The lowest BCUT2D eigenvalue weighted by Crippen LogP contribution is -2.24. The van der Waals surface area contributed by atoms with E-state index in [1.54, 1.807) is 42.5 Å². The molecule has 0 fully saturated rings. The van der Waals surface area contributed by atoms with Crippen molar-refractivity contribution in [2.24, 2.45) is 0 Å². The number of fused-ring (bicyclic) bond motifs is 1. The van der Waals surface area contributed by atoms with Crippen LogP contribution in [0.25, 0.3) is 10.9 Å². The largest absolute Gasteiger partial charge is 0.465 e. The second-order valence-corrected chi connectivity index (χ2v) is 6.53. The number of rotatable bonds is 8. The summed E-state index contributed by atoms with van der Waals surface area (Å²) in [6, 6.07) is 13.8. The fourth-order valence-corrected chi connectivity index (χ4v) is 2.99. The molecule has 8 heteroatoms. The van der Waals surface area contributed by atoms with Crippen molar-refractivity contribution in [3.8, 4) is 0 Å². The van der Waals surface area contributed by atoms with E-state index in [0.29, 0.717) is 48.0 Å². The fourth-order valence-electron chi connectivity index (χ4n) is 2.99. The molecule has 0 spiro atoms. The minimum Gasteiger partial charge on any atom is -0.465 e. The summed E-state index contributed by atoms with van der Waals surface area (Å²) >= 11 is 0. The number of carbonyl (C=O) groups is 2. The Morgan fingerprint density at radius 2 is 1.79 bits per heavy atom. The third kappa shape index (κ3) is 5.04. The molecule has 0 unspecified atom stereocenters. The van der Waals surface area contributed by atoms with Gasteiger partial charge in [0.05, 0.1) is 23.7 Å². The van der Waals surface area contributed by atoms with Crippen LogP contribution in [0, 0.1) is 0 Å². The van der Waals surface area contributed by atoms with Gasteiger partial charge in [-0.1, -0.05) is 35.9 Å². The third-order valence-electron chi connectivity index (χ3n) is 4.51. The van der Waals surface area contributed by atoms with Crippen LogP contribution < -0.4 is 10.9 Å². The molecule has 0 saturated heterocycles. The van der Waals surface area contributed by atoms with Gasteiger partial charge in [0.2, 0.25) is 5.91 Å². The van der Waals surface area contributed by atoms with Gasteiger partial charge in [-0.05, 0) is 37.1 Å². The summed E-state index contributed by atoms with van der Waals surface area (Å²) in [5, 5.41) is 11.3. The minimum atomic E-state index is -0.497. The number of amides is 1. The van der Waals surface area contributed by atoms with E-state index < -0.39 is 5.97 Å². The van der Waals surface area contributed by atoms with Crippen molar-refractivity contribution in [3.63, 3.8) is 0 Å². The Bertz CT molecular complexity index is 1080. The number of anilines is 1. The highest BCUT2D eigenvalue weighted by Gasteiger charge is 2.13. The molecule has 150 valence electrons. The van der Waals surface area contributed by atoms with Gasteiger partial charge in [-0.15, -0.1) is 5.10 Å². The Morgan fingerprint density at radius 3 is 2.62 bits per heavy atom. The zero-order chi connectivity index (χ0) is 20.6. The van der Waals surface area contributed by atoms with Crippen LogP contribution in [0.2, 0.25) is 0 Å². The first-order valence-electron chi connectivity index (χ1n) is 9.40. The van der Waals surface area contributed by atoms with Gasteiger partial charge in [-0.25, -0.2) is 9.48 Å². The number of esters is 1. The molecule has 0 aliphatic heterocycles. The molecule has 1 amide bonds. The van der Waals surface area contributed by atoms with E-state index in [-0.39, 0.29) is 11.5 Å². The Morgan fingerprint density at radius 1 is 1.03 bits per heavy atom. The van der Waals surface area contributed by atoms with Crippen molar-refractivity contribution in [2.45, 2.75) is 32.2 Å². The van der Waals surface area contributed by atoms with Gasteiger partial charge >= 0.3 is 5.97 Å². The van der Waals surface area contributed by atoms with Crippen LogP contribution >= 0.6 is 0 Å². The zero-order valence-electron chi connectivity index (χ0n) is 16.1. The summed E-state index contributed by atoms with van der Waals surface area (Å²) in [4.78, 5) is 36.3. The Labute approximate surface area is 167 Å². The number of aromatic nitrogens is 3. The molecule has 0 aliphatic carbocycles. The summed E-state index contributed by atoms with van der Waals surface area (Å²) in [6.07, 6.45) is 2.43. The summed E-state index contributed by atoms with van der Waals surface area (Å²) in [6.45, 7) is 0.448. The quantitative estimate of drug-likeness (QED) is 0.465. The average Bonchev–Trinajstić information content (AvgIpc) is 2.75. The molecule has 3 aromatic rings. The highest BCUT2D eigenvalue weighted by Crippen LogP contribution is 2.16. The van der Waals surface area contributed by atoms with Crippen molar-refractivity contribution < 1.29 is 14.3 Å². The molecule has 0 radical (unpaired) electrons. The van der Waals surface area contributed by atoms with Crippen LogP contribution in [0.3, 0.4) is 0 Å². The molecule has 1 aromatic heterocycles. The molecule has 0 bridgehead atoms. The van der Waals surface area contributed by atoms with E-state index in [4.69, 9.17) is 4.74 Å². The van der Waals surface area contributed by atoms with Crippen LogP contribution in [-0.4, -0.2) is 34.0 Å². The monoisotopic (exact) mass is 394 g/mol. The predicted molar refractivity (Wildman–Crippen MR) is 109 cm³/mol. The standard InChI is InChI=1S/C21H22N4O4/c1-29-21(28)16-10-5-6-11-17(16)22-19(26)13-3-2-8-14-25-20(27)15-9-4-7-12-18(15)23-24-25/h4-7,9-12H,2-3,8,13-14H2,1H3,(H,22,26). The molecule has 29 heavy (non-hydrogen) atoms. The van der Waals surface area contributed by atoms with Crippen molar-refractivity contribution in [1.29, 1.82) is 0 Å². The highest BCUT2D eigenvalue weighted by atomic mass is 16.5. The summed E-state index contributed by atoms with van der Waals surface area (Å²) in [5.41, 5.74) is 1.17. The summed E-state index contributed by atoms with van der Waals surface area (Å²) in [7, 11) is 1.30. The fraction of sp³-hybridized carbons (Fsp3) is 0.286. The number of hydrogen-bond donors (Lipinski definition) is 1. The predicted octanol–water partition coefficient (Wildman–Crippen LogP) is 2.78. The van der Waals surface area contributed by atoms with Crippen molar-refractivity contribution in [3.05, 3.63) is 64.4 Å². The molecule has 0 aliphatic rings. The lowest BCUT2D eigenvalue weighted by Gasteiger charge is -2.09. The number of aryl methyl sites for hydroxylation is 1. The van der Waals surface area contributed by atoms with Crippen LogP contribution in [0.1, 0.15) is 36.0 Å². The van der Waals surface area contributed by atoms with E-state index in [1.807, 2.05) is 6.07 Å². The first-order valence-corrected chi connectivity index (χ1v) is 9.40. The van der Waals surface area contributed by atoms with Gasteiger partial charge < -0.3 is 10.1 Å². The topological polar surface area (TPSA) is 103 Å². The number of methoxy groups -OCH3 is 1. The number of unbranched alkanes of at least 4 members (excludes halogenated alkanes) is 2. The smallest absolute Gasteiger partial charge is 0.339 e.